The second kappa shape index (κ2) is 6.15. The van der Waals surface area contributed by atoms with Crippen LogP contribution >= 0.6 is 0 Å². The number of amides is 1. The average Bonchev–Trinajstić information content (AvgIpc) is 2.68. The van der Waals surface area contributed by atoms with Crippen molar-refractivity contribution in [1.82, 2.24) is 15.5 Å². The summed E-state index contributed by atoms with van der Waals surface area (Å²) in [5.74, 6) is -0.000324. The molecular formula is C9H15N3O2. The summed E-state index contributed by atoms with van der Waals surface area (Å²) in [6.45, 7) is 3.55. The summed E-state index contributed by atoms with van der Waals surface area (Å²) in [7, 11) is 0. The second-order valence-corrected chi connectivity index (χ2v) is 2.83. The first-order valence-corrected chi connectivity index (χ1v) is 4.65. The van der Waals surface area contributed by atoms with E-state index in [1.165, 1.54) is 0 Å². The highest BCUT2D eigenvalue weighted by molar-refractivity contribution is 5.75. The number of carbonyl (C=O) groups is 1. The molecular weight excluding hydrogens is 182 g/mol. The fraction of sp³-hybridized carbons (Fsp3) is 0.556. The molecule has 0 aliphatic carbocycles. The van der Waals surface area contributed by atoms with E-state index >= 15 is 0 Å². The number of hydrogen-bond donors (Lipinski definition) is 2. The number of aromatic amines is 1. The van der Waals surface area contributed by atoms with Gasteiger partial charge in [0.1, 0.15) is 0 Å². The Morgan fingerprint density at radius 2 is 2.57 bits per heavy atom. The number of rotatable bonds is 6. The number of ether oxygens (including phenoxy) is 1. The number of carbonyl (C=O) groups excluding carboxylic acids is 1. The lowest BCUT2D eigenvalue weighted by molar-refractivity contribution is -0.122. The van der Waals surface area contributed by atoms with E-state index in [2.05, 4.69) is 15.5 Å². The average molecular weight is 197 g/mol. The molecule has 0 saturated heterocycles. The minimum atomic E-state index is -0.000324. The largest absolute Gasteiger partial charge is 0.381 e. The lowest BCUT2D eigenvalue weighted by Gasteiger charge is -2.03. The number of H-pyrrole nitrogens is 1. The van der Waals surface area contributed by atoms with Gasteiger partial charge in [-0.05, 0) is 6.92 Å². The molecule has 78 valence electrons. The van der Waals surface area contributed by atoms with Crippen molar-refractivity contribution in [2.24, 2.45) is 0 Å². The molecule has 1 heterocycles. The highest BCUT2D eigenvalue weighted by Gasteiger charge is 2.00. The zero-order chi connectivity index (χ0) is 10.2. The van der Waals surface area contributed by atoms with Crippen molar-refractivity contribution in [3.05, 3.63) is 18.0 Å². The Hall–Kier alpha value is -1.36. The first kappa shape index (κ1) is 10.7. The Kier molecular flexibility index (Phi) is 4.71. The van der Waals surface area contributed by atoms with Gasteiger partial charge < -0.3 is 10.1 Å². The van der Waals surface area contributed by atoms with Gasteiger partial charge in [-0.25, -0.2) is 0 Å². The Bertz CT molecular complexity index is 259. The zero-order valence-corrected chi connectivity index (χ0v) is 8.25. The van der Waals surface area contributed by atoms with Crippen LogP contribution < -0.4 is 5.32 Å². The molecule has 1 amide bonds. The third-order valence-corrected chi connectivity index (χ3v) is 1.72. The maximum absolute atomic E-state index is 11.2. The van der Waals surface area contributed by atoms with Crippen LogP contribution in [-0.4, -0.2) is 29.3 Å². The van der Waals surface area contributed by atoms with Crippen LogP contribution in [0.3, 0.4) is 0 Å². The van der Waals surface area contributed by atoms with Crippen LogP contribution in [0, 0.1) is 0 Å². The quantitative estimate of drug-likeness (QED) is 0.651. The van der Waals surface area contributed by atoms with Gasteiger partial charge >= 0.3 is 0 Å². The summed E-state index contributed by atoms with van der Waals surface area (Å²) < 4.78 is 5.06. The highest BCUT2D eigenvalue weighted by atomic mass is 16.5. The number of nitrogens with zero attached hydrogens (tertiary/aromatic N) is 1. The van der Waals surface area contributed by atoms with Gasteiger partial charge in [0.2, 0.25) is 5.91 Å². The van der Waals surface area contributed by atoms with Crippen molar-refractivity contribution in [3.8, 4) is 0 Å². The molecule has 2 N–H and O–H groups in total. The summed E-state index contributed by atoms with van der Waals surface area (Å²) in [6.07, 6.45) is 3.84. The molecule has 0 aromatic carbocycles. The molecule has 0 aliphatic rings. The monoisotopic (exact) mass is 197 g/mol. The lowest BCUT2D eigenvalue weighted by atomic mass is 10.3. The van der Waals surface area contributed by atoms with E-state index in [1.807, 2.05) is 6.92 Å². The van der Waals surface area contributed by atoms with E-state index < -0.39 is 0 Å². The molecule has 1 aromatic heterocycles. The van der Waals surface area contributed by atoms with Crippen LogP contribution in [0.25, 0.3) is 0 Å². The summed E-state index contributed by atoms with van der Waals surface area (Å²) in [6, 6.07) is 0. The standard InChI is InChI=1S/C9H15N3O2/c1-2-14-4-3-9(13)10-5-8-6-11-12-7-8/h6-7H,2-5H2,1H3,(H,10,13)(H,11,12). The molecule has 0 atom stereocenters. The molecule has 0 aliphatic heterocycles. The summed E-state index contributed by atoms with van der Waals surface area (Å²) in [4.78, 5) is 11.2. The van der Waals surface area contributed by atoms with Crippen molar-refractivity contribution < 1.29 is 9.53 Å². The Balaban J connectivity index is 2.09. The molecule has 0 radical (unpaired) electrons. The molecule has 5 nitrogen and oxygen atoms in total. The molecule has 0 saturated carbocycles. The van der Waals surface area contributed by atoms with Crippen LogP contribution in [-0.2, 0) is 16.1 Å². The van der Waals surface area contributed by atoms with E-state index in [4.69, 9.17) is 4.74 Å². The van der Waals surface area contributed by atoms with E-state index in [0.29, 0.717) is 26.2 Å². The van der Waals surface area contributed by atoms with Gasteiger partial charge in [-0.3, -0.25) is 9.89 Å². The number of nitrogens with one attached hydrogen (secondary N) is 2. The number of hydrogen-bond acceptors (Lipinski definition) is 3. The van der Waals surface area contributed by atoms with Gasteiger partial charge in [0.25, 0.3) is 0 Å². The Labute approximate surface area is 82.8 Å². The SMILES string of the molecule is CCOCCC(=O)NCc1cn[nH]c1. The fourth-order valence-corrected chi connectivity index (χ4v) is 0.973. The molecule has 1 aromatic rings. The van der Waals surface area contributed by atoms with Crippen LogP contribution in [0.4, 0.5) is 0 Å². The molecule has 14 heavy (non-hydrogen) atoms. The highest BCUT2D eigenvalue weighted by Crippen LogP contribution is 1.92. The predicted octanol–water partition coefficient (Wildman–Crippen LogP) is 0.452. The molecule has 0 fully saturated rings. The van der Waals surface area contributed by atoms with Crippen LogP contribution in [0.2, 0.25) is 0 Å². The van der Waals surface area contributed by atoms with Gasteiger partial charge in [-0.2, -0.15) is 5.10 Å². The third-order valence-electron chi connectivity index (χ3n) is 1.72. The van der Waals surface area contributed by atoms with Gasteiger partial charge in [0, 0.05) is 31.3 Å². The van der Waals surface area contributed by atoms with Crippen molar-refractivity contribution in [3.63, 3.8) is 0 Å². The van der Waals surface area contributed by atoms with E-state index in [9.17, 15) is 4.79 Å². The van der Waals surface area contributed by atoms with Gasteiger partial charge in [-0.1, -0.05) is 0 Å². The van der Waals surface area contributed by atoms with Gasteiger partial charge in [0.15, 0.2) is 0 Å². The smallest absolute Gasteiger partial charge is 0.222 e. The van der Waals surface area contributed by atoms with E-state index in [1.54, 1.807) is 12.4 Å². The summed E-state index contributed by atoms with van der Waals surface area (Å²) in [5.41, 5.74) is 0.967. The van der Waals surface area contributed by atoms with Crippen molar-refractivity contribution in [1.29, 1.82) is 0 Å². The first-order valence-electron chi connectivity index (χ1n) is 4.65. The number of aromatic nitrogens is 2. The molecule has 0 unspecified atom stereocenters. The van der Waals surface area contributed by atoms with E-state index in [0.717, 1.165) is 5.56 Å². The lowest BCUT2D eigenvalue weighted by Crippen LogP contribution is -2.23. The van der Waals surface area contributed by atoms with E-state index in [-0.39, 0.29) is 5.91 Å². The Morgan fingerprint density at radius 3 is 3.21 bits per heavy atom. The topological polar surface area (TPSA) is 67.0 Å². The fourth-order valence-electron chi connectivity index (χ4n) is 0.973. The van der Waals surface area contributed by atoms with Crippen LogP contribution in [0.15, 0.2) is 12.4 Å². The van der Waals surface area contributed by atoms with Crippen molar-refractivity contribution in [2.45, 2.75) is 19.9 Å². The maximum atomic E-state index is 11.2. The molecule has 5 heteroatoms. The molecule has 0 bridgehead atoms. The normalized spacial score (nSPS) is 10.1. The minimum Gasteiger partial charge on any atom is -0.381 e. The predicted molar refractivity (Wildman–Crippen MR) is 51.5 cm³/mol. The minimum absolute atomic E-state index is 0.000324. The molecule has 0 spiro atoms. The van der Waals surface area contributed by atoms with Crippen molar-refractivity contribution in [2.75, 3.05) is 13.2 Å². The van der Waals surface area contributed by atoms with Gasteiger partial charge in [0.05, 0.1) is 12.8 Å². The molecule has 1 rings (SSSR count). The van der Waals surface area contributed by atoms with Crippen LogP contribution in [0.5, 0.6) is 0 Å². The Morgan fingerprint density at radius 1 is 1.71 bits per heavy atom. The first-order chi connectivity index (χ1) is 6.83. The maximum Gasteiger partial charge on any atom is 0.222 e. The second-order valence-electron chi connectivity index (χ2n) is 2.83. The van der Waals surface area contributed by atoms with Gasteiger partial charge in [-0.15, -0.1) is 0 Å². The van der Waals surface area contributed by atoms with Crippen molar-refractivity contribution >= 4 is 5.91 Å². The summed E-state index contributed by atoms with van der Waals surface area (Å²) >= 11 is 0. The summed E-state index contributed by atoms with van der Waals surface area (Å²) in [5, 5.41) is 9.22. The third kappa shape index (κ3) is 4.04. The zero-order valence-electron chi connectivity index (χ0n) is 8.25. The van der Waals surface area contributed by atoms with Crippen LogP contribution in [0.1, 0.15) is 18.9 Å².